The van der Waals surface area contributed by atoms with Crippen molar-refractivity contribution in [3.63, 3.8) is 0 Å². The molecule has 0 heterocycles. The summed E-state index contributed by atoms with van der Waals surface area (Å²) in [5, 5.41) is 12.3. The molecule has 2 aliphatic rings. The molecular weight excluding hydrogens is 431 g/mol. The number of aliphatic carboxylic acids is 1. The molecule has 0 radical (unpaired) electrons. The van der Waals surface area contributed by atoms with Crippen molar-refractivity contribution in [3.05, 3.63) is 64.7 Å². The Bertz CT molecular complexity index is 946. The van der Waals surface area contributed by atoms with E-state index in [-0.39, 0.29) is 24.5 Å². The first-order valence-electron chi connectivity index (χ1n) is 11.7. The van der Waals surface area contributed by atoms with Gasteiger partial charge in [-0.1, -0.05) is 43.5 Å². The minimum atomic E-state index is -4.37. The third-order valence-corrected chi connectivity index (χ3v) is 6.88. The largest absolute Gasteiger partial charge is 0.489 e. The van der Waals surface area contributed by atoms with Crippen LogP contribution in [0.1, 0.15) is 73.1 Å². The van der Waals surface area contributed by atoms with E-state index in [2.05, 4.69) is 5.32 Å². The zero-order valence-electron chi connectivity index (χ0n) is 18.5. The van der Waals surface area contributed by atoms with Gasteiger partial charge in [0.05, 0.1) is 11.5 Å². The number of alkyl halides is 3. The van der Waals surface area contributed by atoms with Crippen LogP contribution in [0.25, 0.3) is 0 Å². The van der Waals surface area contributed by atoms with Gasteiger partial charge in [0, 0.05) is 12.6 Å². The molecule has 0 aromatic heterocycles. The molecule has 0 unspecified atom stereocenters. The molecule has 178 valence electrons. The van der Waals surface area contributed by atoms with Crippen molar-refractivity contribution >= 4 is 5.97 Å². The lowest BCUT2D eigenvalue weighted by Crippen LogP contribution is -2.43. The normalized spacial score (nSPS) is 21.4. The van der Waals surface area contributed by atoms with Gasteiger partial charge in [-0.2, -0.15) is 13.2 Å². The molecule has 2 fully saturated rings. The Morgan fingerprint density at radius 1 is 1.00 bits per heavy atom. The molecule has 2 N–H and O–H groups in total. The first-order chi connectivity index (χ1) is 15.8. The van der Waals surface area contributed by atoms with Crippen LogP contribution in [0.2, 0.25) is 0 Å². The number of rotatable bonds is 8. The number of benzene rings is 2. The van der Waals surface area contributed by atoms with E-state index >= 15 is 0 Å². The van der Waals surface area contributed by atoms with Crippen LogP contribution >= 0.6 is 0 Å². The summed E-state index contributed by atoms with van der Waals surface area (Å²) in [6.07, 6.45) is 1.64. The average Bonchev–Trinajstić information content (AvgIpc) is 2.77. The highest BCUT2D eigenvalue weighted by Gasteiger charge is 2.36. The standard InChI is InChI=1S/C26H30F3NO3/c27-26(28,29)24-12-18(8-11-23(24)19-4-2-1-3-5-19)16-33-22-9-6-17(7-10-22)15-30-21-13-20(14-21)25(31)32/h6-12,19-21,30H,1-5,13-16H2,(H,31,32). The third kappa shape index (κ3) is 6.08. The second-order valence-electron chi connectivity index (χ2n) is 9.27. The highest BCUT2D eigenvalue weighted by molar-refractivity contribution is 5.71. The van der Waals surface area contributed by atoms with Gasteiger partial charge in [-0.15, -0.1) is 0 Å². The number of carbonyl (C=O) groups is 1. The lowest BCUT2D eigenvalue weighted by Gasteiger charge is -2.33. The zero-order valence-corrected chi connectivity index (χ0v) is 18.5. The van der Waals surface area contributed by atoms with Gasteiger partial charge in [0.15, 0.2) is 0 Å². The highest BCUT2D eigenvalue weighted by atomic mass is 19.4. The second kappa shape index (κ2) is 10.2. The van der Waals surface area contributed by atoms with E-state index in [1.165, 1.54) is 6.07 Å². The van der Waals surface area contributed by atoms with Gasteiger partial charge < -0.3 is 15.2 Å². The minimum Gasteiger partial charge on any atom is -0.489 e. The molecule has 2 aromatic rings. The molecule has 0 saturated heterocycles. The molecular formula is C26H30F3NO3. The molecule has 2 saturated carbocycles. The lowest BCUT2D eigenvalue weighted by atomic mass is 9.80. The van der Waals surface area contributed by atoms with Crippen LogP contribution < -0.4 is 10.1 Å². The molecule has 2 aliphatic carbocycles. The Labute approximate surface area is 192 Å². The topological polar surface area (TPSA) is 58.6 Å². The van der Waals surface area contributed by atoms with Crippen molar-refractivity contribution in [1.29, 1.82) is 0 Å². The van der Waals surface area contributed by atoms with Crippen molar-refractivity contribution < 1.29 is 27.8 Å². The van der Waals surface area contributed by atoms with Crippen LogP contribution in [0.3, 0.4) is 0 Å². The molecule has 4 rings (SSSR count). The van der Waals surface area contributed by atoms with Crippen molar-refractivity contribution in [3.8, 4) is 5.75 Å². The Kier molecular flexibility index (Phi) is 7.27. The quantitative estimate of drug-likeness (QED) is 0.485. The fourth-order valence-corrected chi connectivity index (χ4v) is 4.83. The highest BCUT2D eigenvalue weighted by Crippen LogP contribution is 2.41. The molecule has 0 atom stereocenters. The number of carboxylic acid groups (broad SMARTS) is 1. The monoisotopic (exact) mass is 461 g/mol. The average molecular weight is 462 g/mol. The minimum absolute atomic E-state index is 0.0125. The van der Waals surface area contributed by atoms with Crippen LogP contribution in [0, 0.1) is 5.92 Å². The number of hydrogen-bond acceptors (Lipinski definition) is 3. The Morgan fingerprint density at radius 3 is 2.30 bits per heavy atom. The van der Waals surface area contributed by atoms with Gasteiger partial charge in [-0.05, 0) is 66.5 Å². The Hall–Kier alpha value is -2.54. The van der Waals surface area contributed by atoms with Crippen LogP contribution in [-0.2, 0) is 24.1 Å². The second-order valence-corrected chi connectivity index (χ2v) is 9.27. The van der Waals surface area contributed by atoms with Gasteiger partial charge >= 0.3 is 12.1 Å². The van der Waals surface area contributed by atoms with E-state index in [9.17, 15) is 18.0 Å². The van der Waals surface area contributed by atoms with Crippen molar-refractivity contribution in [2.75, 3.05) is 0 Å². The first kappa shape index (κ1) is 23.6. The van der Waals surface area contributed by atoms with E-state index < -0.39 is 17.7 Å². The fraction of sp³-hybridized carbons (Fsp3) is 0.500. The van der Waals surface area contributed by atoms with Crippen LogP contribution in [0.4, 0.5) is 13.2 Å². The maximum absolute atomic E-state index is 13.7. The lowest BCUT2D eigenvalue weighted by molar-refractivity contribution is -0.145. The van der Waals surface area contributed by atoms with Gasteiger partial charge in [0.25, 0.3) is 0 Å². The summed E-state index contributed by atoms with van der Waals surface area (Å²) < 4.78 is 47.0. The number of carboxylic acids is 1. The molecule has 0 spiro atoms. The fourth-order valence-electron chi connectivity index (χ4n) is 4.83. The SMILES string of the molecule is O=C(O)C1CC(NCc2ccc(OCc3ccc(C4CCCCC4)c(C(F)(F)F)c3)cc2)C1. The van der Waals surface area contributed by atoms with E-state index in [0.29, 0.717) is 36.3 Å². The first-order valence-corrected chi connectivity index (χ1v) is 11.7. The van der Waals surface area contributed by atoms with Crippen LogP contribution in [0.15, 0.2) is 42.5 Å². The summed E-state index contributed by atoms with van der Waals surface area (Å²) in [6, 6.07) is 12.3. The van der Waals surface area contributed by atoms with Crippen LogP contribution in [0.5, 0.6) is 5.75 Å². The van der Waals surface area contributed by atoms with E-state index in [1.807, 2.05) is 12.1 Å². The summed E-state index contributed by atoms with van der Waals surface area (Å²) in [5.74, 6) is -0.395. The number of nitrogens with one attached hydrogen (secondary N) is 1. The number of ether oxygens (including phenoxy) is 1. The van der Waals surface area contributed by atoms with Gasteiger partial charge in [0.2, 0.25) is 0 Å². The molecule has 33 heavy (non-hydrogen) atoms. The molecule has 4 nitrogen and oxygen atoms in total. The Morgan fingerprint density at radius 2 is 1.67 bits per heavy atom. The summed E-state index contributed by atoms with van der Waals surface area (Å²) in [7, 11) is 0. The number of hydrogen-bond donors (Lipinski definition) is 2. The molecule has 7 heteroatoms. The summed E-state index contributed by atoms with van der Waals surface area (Å²) >= 11 is 0. The molecule has 0 bridgehead atoms. The van der Waals surface area contributed by atoms with Crippen LogP contribution in [-0.4, -0.2) is 17.1 Å². The predicted octanol–water partition coefficient (Wildman–Crippen LogP) is 6.28. The van der Waals surface area contributed by atoms with Crippen molar-refractivity contribution in [2.45, 2.75) is 76.2 Å². The van der Waals surface area contributed by atoms with Gasteiger partial charge in [-0.25, -0.2) is 0 Å². The van der Waals surface area contributed by atoms with E-state index in [1.54, 1.807) is 24.3 Å². The third-order valence-electron chi connectivity index (χ3n) is 6.88. The summed E-state index contributed by atoms with van der Waals surface area (Å²) in [4.78, 5) is 10.9. The number of halogens is 3. The Balaban J connectivity index is 1.32. The molecule has 2 aromatic carbocycles. The van der Waals surface area contributed by atoms with Gasteiger partial charge in [0.1, 0.15) is 12.4 Å². The summed E-state index contributed by atoms with van der Waals surface area (Å²) in [6.45, 7) is 0.707. The van der Waals surface area contributed by atoms with E-state index in [0.717, 1.165) is 37.7 Å². The molecule has 0 amide bonds. The van der Waals surface area contributed by atoms with E-state index in [4.69, 9.17) is 9.84 Å². The summed E-state index contributed by atoms with van der Waals surface area (Å²) in [5.41, 5.74) is 1.44. The van der Waals surface area contributed by atoms with Crippen molar-refractivity contribution in [2.24, 2.45) is 5.92 Å². The maximum atomic E-state index is 13.7. The van der Waals surface area contributed by atoms with Gasteiger partial charge in [-0.3, -0.25) is 4.79 Å². The van der Waals surface area contributed by atoms with Crippen molar-refractivity contribution in [1.82, 2.24) is 5.32 Å². The smallest absolute Gasteiger partial charge is 0.416 e. The molecule has 0 aliphatic heterocycles. The maximum Gasteiger partial charge on any atom is 0.416 e. The predicted molar refractivity (Wildman–Crippen MR) is 119 cm³/mol. The zero-order chi connectivity index (χ0) is 23.4.